The zero-order valence-corrected chi connectivity index (χ0v) is 16.6. The highest BCUT2D eigenvalue weighted by atomic mass is 35.5. The largest absolute Gasteiger partial charge is 0.454 e. The van der Waals surface area contributed by atoms with Crippen molar-refractivity contribution in [2.45, 2.75) is 45.6 Å². The lowest BCUT2D eigenvalue weighted by atomic mass is 9.81. The Labute approximate surface area is 168 Å². The molecule has 0 bridgehead atoms. The second-order valence-corrected chi connectivity index (χ2v) is 7.77. The molecule has 1 N–H and O–H groups in total. The summed E-state index contributed by atoms with van der Waals surface area (Å²) < 4.78 is 5.04. The van der Waals surface area contributed by atoms with E-state index in [1.54, 1.807) is 25.1 Å². The Morgan fingerprint density at radius 1 is 1.21 bits per heavy atom. The van der Waals surface area contributed by atoms with Crippen molar-refractivity contribution in [2.75, 3.05) is 11.9 Å². The van der Waals surface area contributed by atoms with Crippen molar-refractivity contribution < 1.29 is 23.9 Å². The summed E-state index contributed by atoms with van der Waals surface area (Å²) in [6.07, 6.45) is 3.18. The first-order valence-electron chi connectivity index (χ1n) is 9.39. The van der Waals surface area contributed by atoms with Gasteiger partial charge in [-0.25, -0.2) is 4.79 Å². The lowest BCUT2D eigenvalue weighted by Gasteiger charge is -2.21. The Kier molecular flexibility index (Phi) is 6.03. The van der Waals surface area contributed by atoms with E-state index in [9.17, 15) is 19.2 Å². The van der Waals surface area contributed by atoms with Crippen LogP contribution in [0, 0.1) is 18.8 Å². The smallest absolute Gasteiger partial charge is 0.329 e. The van der Waals surface area contributed by atoms with Crippen LogP contribution in [-0.2, 0) is 23.9 Å². The van der Waals surface area contributed by atoms with Crippen molar-refractivity contribution in [1.29, 1.82) is 0 Å². The minimum atomic E-state index is -1.05. The van der Waals surface area contributed by atoms with Crippen molar-refractivity contribution in [3.05, 3.63) is 28.8 Å². The number of imide groups is 1. The third-order valence-electron chi connectivity index (χ3n) is 5.41. The van der Waals surface area contributed by atoms with Gasteiger partial charge in [0.15, 0.2) is 6.61 Å². The third-order valence-corrected chi connectivity index (χ3v) is 5.65. The summed E-state index contributed by atoms with van der Waals surface area (Å²) in [5, 5.41) is 3.19. The van der Waals surface area contributed by atoms with E-state index in [2.05, 4.69) is 5.32 Å². The lowest BCUT2D eigenvalue weighted by Crippen LogP contribution is -2.45. The molecular weight excluding hydrogens is 384 g/mol. The molecule has 1 saturated carbocycles. The summed E-state index contributed by atoms with van der Waals surface area (Å²) in [7, 11) is 0. The molecule has 1 aromatic rings. The summed E-state index contributed by atoms with van der Waals surface area (Å²) in [5.41, 5.74) is 1.34. The van der Waals surface area contributed by atoms with Gasteiger partial charge in [0, 0.05) is 10.7 Å². The van der Waals surface area contributed by atoms with E-state index >= 15 is 0 Å². The van der Waals surface area contributed by atoms with Crippen LogP contribution in [0.15, 0.2) is 18.2 Å². The van der Waals surface area contributed by atoms with Gasteiger partial charge in [0.05, 0.1) is 11.8 Å². The van der Waals surface area contributed by atoms with E-state index in [0.717, 1.165) is 23.3 Å². The number of carbonyl (C=O) groups is 4. The zero-order chi connectivity index (χ0) is 20.4. The van der Waals surface area contributed by atoms with E-state index < -0.39 is 24.5 Å². The third kappa shape index (κ3) is 4.04. The summed E-state index contributed by atoms with van der Waals surface area (Å²) in [5.74, 6) is -2.55. The molecular formula is C20H23ClN2O5. The van der Waals surface area contributed by atoms with Crippen molar-refractivity contribution >= 4 is 41.0 Å². The standard InChI is InChI=1S/C20H23ClN2O5/c1-11-9-13(21)7-8-16(11)22-17(24)10-28-20(27)12(2)23-18(25)14-5-3-4-6-15(14)19(23)26/h7-9,12,14-15H,3-6,10H2,1-2H3,(H,22,24)/t12-,14-,15-/m0/s1. The molecule has 1 aliphatic carbocycles. The highest BCUT2D eigenvalue weighted by Gasteiger charge is 2.51. The maximum atomic E-state index is 12.5. The number of hydrogen-bond acceptors (Lipinski definition) is 5. The second-order valence-electron chi connectivity index (χ2n) is 7.34. The van der Waals surface area contributed by atoms with Crippen LogP contribution in [0.25, 0.3) is 0 Å². The molecule has 1 heterocycles. The number of esters is 1. The normalized spacial score (nSPS) is 22.6. The molecule has 3 atom stereocenters. The van der Waals surface area contributed by atoms with E-state index in [-0.39, 0.29) is 23.7 Å². The van der Waals surface area contributed by atoms with Crippen LogP contribution in [0.2, 0.25) is 5.02 Å². The quantitative estimate of drug-likeness (QED) is 0.599. The number of nitrogens with zero attached hydrogens (tertiary/aromatic N) is 1. The van der Waals surface area contributed by atoms with E-state index in [1.807, 2.05) is 0 Å². The Morgan fingerprint density at radius 2 is 1.82 bits per heavy atom. The Balaban J connectivity index is 1.56. The molecule has 3 amide bonds. The molecule has 0 radical (unpaired) electrons. The molecule has 1 aliphatic heterocycles. The number of fused-ring (bicyclic) bond motifs is 1. The summed E-state index contributed by atoms with van der Waals surface area (Å²) >= 11 is 5.88. The van der Waals surface area contributed by atoms with Crippen molar-refractivity contribution in [3.8, 4) is 0 Å². The number of anilines is 1. The van der Waals surface area contributed by atoms with Gasteiger partial charge in [0.2, 0.25) is 11.8 Å². The van der Waals surface area contributed by atoms with Gasteiger partial charge in [0.25, 0.3) is 5.91 Å². The van der Waals surface area contributed by atoms with Crippen molar-refractivity contribution in [1.82, 2.24) is 4.90 Å². The second kappa shape index (κ2) is 8.31. The Hall–Kier alpha value is -2.41. The number of rotatable bonds is 5. The molecule has 0 spiro atoms. The number of carbonyl (C=O) groups excluding carboxylic acids is 4. The van der Waals surface area contributed by atoms with Crippen LogP contribution in [0.1, 0.15) is 38.2 Å². The first-order chi connectivity index (χ1) is 13.3. The molecule has 2 aliphatic rings. The fraction of sp³-hybridized carbons (Fsp3) is 0.500. The van der Waals surface area contributed by atoms with Crippen LogP contribution < -0.4 is 5.32 Å². The van der Waals surface area contributed by atoms with Gasteiger partial charge in [-0.2, -0.15) is 0 Å². The van der Waals surface area contributed by atoms with Crippen LogP contribution in [0.4, 0.5) is 5.69 Å². The maximum Gasteiger partial charge on any atom is 0.329 e. The predicted octanol–water partition coefficient (Wildman–Crippen LogP) is 2.69. The number of ether oxygens (including phenoxy) is 1. The number of nitrogens with one attached hydrogen (secondary N) is 1. The van der Waals surface area contributed by atoms with Crippen LogP contribution in [0.3, 0.4) is 0 Å². The van der Waals surface area contributed by atoms with Gasteiger partial charge in [-0.3, -0.25) is 19.3 Å². The first kappa shape index (κ1) is 20.3. The van der Waals surface area contributed by atoms with Crippen molar-refractivity contribution in [3.63, 3.8) is 0 Å². The molecule has 1 saturated heterocycles. The molecule has 0 unspecified atom stereocenters. The zero-order valence-electron chi connectivity index (χ0n) is 15.9. The van der Waals surface area contributed by atoms with Crippen LogP contribution >= 0.6 is 11.6 Å². The van der Waals surface area contributed by atoms with Crippen molar-refractivity contribution in [2.24, 2.45) is 11.8 Å². The number of halogens is 1. The average molecular weight is 407 g/mol. The van der Waals surface area contributed by atoms with Gasteiger partial charge in [-0.1, -0.05) is 24.4 Å². The number of amides is 3. The first-order valence-corrected chi connectivity index (χ1v) is 9.77. The van der Waals surface area contributed by atoms with Crippen LogP contribution in [-0.4, -0.2) is 41.2 Å². The van der Waals surface area contributed by atoms with E-state index in [1.165, 1.54) is 6.92 Å². The van der Waals surface area contributed by atoms with Gasteiger partial charge >= 0.3 is 5.97 Å². The van der Waals surface area contributed by atoms with Gasteiger partial charge < -0.3 is 10.1 Å². The summed E-state index contributed by atoms with van der Waals surface area (Å²) in [4.78, 5) is 50.5. The summed E-state index contributed by atoms with van der Waals surface area (Å²) in [6.45, 7) is 2.74. The van der Waals surface area contributed by atoms with E-state index in [0.29, 0.717) is 23.6 Å². The lowest BCUT2D eigenvalue weighted by molar-refractivity contribution is -0.159. The molecule has 7 nitrogen and oxygen atoms in total. The fourth-order valence-electron chi connectivity index (χ4n) is 3.89. The average Bonchev–Trinajstić information content (AvgIpc) is 2.92. The maximum absolute atomic E-state index is 12.5. The minimum absolute atomic E-state index is 0.305. The predicted molar refractivity (Wildman–Crippen MR) is 103 cm³/mol. The molecule has 3 rings (SSSR count). The highest BCUT2D eigenvalue weighted by molar-refractivity contribution is 6.30. The Bertz CT molecular complexity index is 801. The monoisotopic (exact) mass is 406 g/mol. The number of hydrogen-bond donors (Lipinski definition) is 1. The molecule has 28 heavy (non-hydrogen) atoms. The Morgan fingerprint density at radius 3 is 2.39 bits per heavy atom. The minimum Gasteiger partial charge on any atom is -0.454 e. The topological polar surface area (TPSA) is 92.8 Å². The van der Waals surface area contributed by atoms with Gasteiger partial charge in [-0.05, 0) is 50.5 Å². The summed E-state index contributed by atoms with van der Waals surface area (Å²) in [6, 6.07) is 3.96. The fourth-order valence-corrected chi connectivity index (χ4v) is 4.11. The SMILES string of the molecule is Cc1cc(Cl)ccc1NC(=O)COC(=O)[C@H](C)N1C(=O)[C@H]2CCCC[C@@H]2C1=O. The van der Waals surface area contributed by atoms with Crippen LogP contribution in [0.5, 0.6) is 0 Å². The molecule has 150 valence electrons. The molecule has 2 fully saturated rings. The number of benzene rings is 1. The number of likely N-dealkylation sites (tertiary alicyclic amines) is 1. The van der Waals surface area contributed by atoms with E-state index in [4.69, 9.17) is 16.3 Å². The van der Waals surface area contributed by atoms with Gasteiger partial charge in [0.1, 0.15) is 6.04 Å². The molecule has 0 aromatic heterocycles. The number of aryl methyl sites for hydroxylation is 1. The molecule has 1 aromatic carbocycles. The van der Waals surface area contributed by atoms with Gasteiger partial charge in [-0.15, -0.1) is 0 Å². The molecule has 8 heteroatoms. The highest BCUT2D eigenvalue weighted by Crippen LogP contribution is 2.38.